The van der Waals surface area contributed by atoms with Crippen LogP contribution in [0.3, 0.4) is 0 Å². The second-order valence-corrected chi connectivity index (χ2v) is 6.87. The third-order valence-corrected chi connectivity index (χ3v) is 4.87. The molecule has 1 saturated carbocycles. The van der Waals surface area contributed by atoms with Crippen LogP contribution in [0.1, 0.15) is 54.9 Å². The van der Waals surface area contributed by atoms with Gasteiger partial charge in [-0.2, -0.15) is 0 Å². The van der Waals surface area contributed by atoms with Crippen molar-refractivity contribution in [1.29, 1.82) is 0 Å². The van der Waals surface area contributed by atoms with Crippen molar-refractivity contribution in [1.82, 2.24) is 5.32 Å². The molecule has 2 N–H and O–H groups in total. The lowest BCUT2D eigenvalue weighted by atomic mass is 9.76. The molecule has 2 atom stereocenters. The van der Waals surface area contributed by atoms with Gasteiger partial charge in [0.2, 0.25) is 0 Å². The van der Waals surface area contributed by atoms with Crippen molar-refractivity contribution < 1.29 is 5.11 Å². The number of nitrogens with one attached hydrogen (secondary N) is 1. The van der Waals surface area contributed by atoms with Crippen molar-refractivity contribution in [2.75, 3.05) is 6.61 Å². The average molecular weight is 275 g/mol. The first-order valence-corrected chi connectivity index (χ1v) is 7.88. The molecule has 2 nitrogen and oxygen atoms in total. The van der Waals surface area contributed by atoms with E-state index in [1.807, 2.05) is 0 Å². The summed E-state index contributed by atoms with van der Waals surface area (Å²) < 4.78 is 0. The summed E-state index contributed by atoms with van der Waals surface area (Å²) in [5, 5.41) is 13.5. The van der Waals surface area contributed by atoms with E-state index in [1.54, 1.807) is 0 Å². The molecule has 0 aliphatic heterocycles. The average Bonchev–Trinajstić information content (AvgIpc) is 2.37. The van der Waals surface area contributed by atoms with Gasteiger partial charge in [0.1, 0.15) is 0 Å². The first-order valence-electron chi connectivity index (χ1n) is 7.88. The zero-order valence-corrected chi connectivity index (χ0v) is 13.4. The molecule has 1 fully saturated rings. The summed E-state index contributed by atoms with van der Waals surface area (Å²) in [6.07, 6.45) is 4.71. The van der Waals surface area contributed by atoms with Gasteiger partial charge in [-0.25, -0.2) is 0 Å². The summed E-state index contributed by atoms with van der Waals surface area (Å²) in [7, 11) is 0. The third kappa shape index (κ3) is 3.42. The topological polar surface area (TPSA) is 32.3 Å². The Morgan fingerprint density at radius 3 is 2.45 bits per heavy atom. The van der Waals surface area contributed by atoms with Gasteiger partial charge in [0.25, 0.3) is 0 Å². The molecule has 0 amide bonds. The Hall–Kier alpha value is -0.860. The van der Waals surface area contributed by atoms with Crippen LogP contribution < -0.4 is 5.32 Å². The van der Waals surface area contributed by atoms with Crippen LogP contribution in [0.25, 0.3) is 0 Å². The molecular formula is C18H29NO. The Morgan fingerprint density at radius 2 is 1.90 bits per heavy atom. The van der Waals surface area contributed by atoms with Gasteiger partial charge >= 0.3 is 0 Å². The van der Waals surface area contributed by atoms with Crippen molar-refractivity contribution in [3.05, 3.63) is 34.4 Å². The van der Waals surface area contributed by atoms with Crippen molar-refractivity contribution >= 4 is 0 Å². The second kappa shape index (κ2) is 6.28. The Morgan fingerprint density at radius 1 is 1.25 bits per heavy atom. The lowest BCUT2D eigenvalue weighted by Gasteiger charge is -2.40. The fourth-order valence-corrected chi connectivity index (χ4v) is 3.78. The highest BCUT2D eigenvalue weighted by Crippen LogP contribution is 2.32. The first-order chi connectivity index (χ1) is 9.46. The number of aliphatic hydroxyl groups excluding tert-OH is 1. The van der Waals surface area contributed by atoms with E-state index in [-0.39, 0.29) is 12.1 Å². The predicted octanol–water partition coefficient (Wildman–Crippen LogP) is 3.64. The zero-order chi connectivity index (χ0) is 14.8. The number of hydrogen-bond donors (Lipinski definition) is 2. The third-order valence-electron chi connectivity index (χ3n) is 4.87. The van der Waals surface area contributed by atoms with E-state index in [0.29, 0.717) is 5.92 Å². The molecule has 0 spiro atoms. The maximum absolute atomic E-state index is 9.86. The van der Waals surface area contributed by atoms with Gasteiger partial charge in [0.15, 0.2) is 0 Å². The molecule has 112 valence electrons. The molecule has 0 saturated heterocycles. The number of hydrogen-bond acceptors (Lipinski definition) is 2. The summed E-state index contributed by atoms with van der Waals surface area (Å²) in [5.74, 6) is 0.712. The number of rotatable bonds is 4. The smallest absolute Gasteiger partial charge is 0.0613 e. The molecule has 0 bridgehead atoms. The number of benzene rings is 1. The molecule has 2 heteroatoms. The van der Waals surface area contributed by atoms with Crippen molar-refractivity contribution in [3.63, 3.8) is 0 Å². The second-order valence-electron chi connectivity index (χ2n) is 6.87. The molecule has 2 unspecified atom stereocenters. The van der Waals surface area contributed by atoms with Gasteiger partial charge < -0.3 is 10.4 Å². The minimum Gasteiger partial charge on any atom is -0.394 e. The quantitative estimate of drug-likeness (QED) is 0.879. The Balaban J connectivity index is 2.11. The van der Waals surface area contributed by atoms with Crippen LogP contribution in [0.15, 0.2) is 12.1 Å². The highest BCUT2D eigenvalue weighted by Gasteiger charge is 2.33. The van der Waals surface area contributed by atoms with E-state index >= 15 is 0 Å². The monoisotopic (exact) mass is 275 g/mol. The molecule has 1 aromatic rings. The van der Waals surface area contributed by atoms with Crippen molar-refractivity contribution in [2.45, 2.75) is 65.5 Å². The van der Waals surface area contributed by atoms with Crippen LogP contribution in [-0.4, -0.2) is 17.3 Å². The van der Waals surface area contributed by atoms with Crippen molar-refractivity contribution in [2.24, 2.45) is 5.92 Å². The molecule has 1 aliphatic rings. The maximum Gasteiger partial charge on any atom is 0.0613 e. The van der Waals surface area contributed by atoms with Crippen LogP contribution in [0.2, 0.25) is 0 Å². The maximum atomic E-state index is 9.86. The summed E-state index contributed by atoms with van der Waals surface area (Å²) in [5.41, 5.74) is 5.36. The lowest BCUT2D eigenvalue weighted by molar-refractivity contribution is 0.0981. The van der Waals surface area contributed by atoms with Gasteiger partial charge in [-0.1, -0.05) is 37.5 Å². The minimum atomic E-state index is -0.0680. The Labute approximate surface area is 123 Å². The van der Waals surface area contributed by atoms with E-state index in [9.17, 15) is 5.11 Å². The normalized spacial score (nSPS) is 26.8. The lowest BCUT2D eigenvalue weighted by Crippen LogP contribution is -2.51. The largest absolute Gasteiger partial charge is 0.394 e. The fourth-order valence-electron chi connectivity index (χ4n) is 3.78. The fraction of sp³-hybridized carbons (Fsp3) is 0.667. The Kier molecular flexibility index (Phi) is 4.87. The van der Waals surface area contributed by atoms with E-state index in [1.165, 1.54) is 35.1 Å². The van der Waals surface area contributed by atoms with Crippen LogP contribution >= 0.6 is 0 Å². The van der Waals surface area contributed by atoms with Gasteiger partial charge in [-0.3, -0.25) is 0 Å². The summed E-state index contributed by atoms with van der Waals surface area (Å²) in [4.78, 5) is 0. The molecule has 0 heterocycles. The molecule has 0 radical (unpaired) electrons. The van der Waals surface area contributed by atoms with E-state index in [0.717, 1.165) is 19.4 Å². The van der Waals surface area contributed by atoms with Gasteiger partial charge in [0.05, 0.1) is 6.61 Å². The summed E-state index contributed by atoms with van der Waals surface area (Å²) >= 11 is 0. The standard InChI is InChI=1S/C18H29NO/c1-13-6-5-7-18(10-13,12-20)19-11-17-15(3)8-14(2)9-16(17)4/h8-9,13,19-20H,5-7,10-12H2,1-4H3. The SMILES string of the molecule is Cc1cc(C)c(CNC2(CO)CCCC(C)C2)c(C)c1. The van der Waals surface area contributed by atoms with Gasteiger partial charge in [-0.15, -0.1) is 0 Å². The molecule has 0 aromatic heterocycles. The van der Waals surface area contributed by atoms with Crippen LogP contribution in [0.4, 0.5) is 0 Å². The Bertz CT molecular complexity index is 445. The number of aryl methyl sites for hydroxylation is 3. The summed E-state index contributed by atoms with van der Waals surface area (Å²) in [6.45, 7) is 9.94. The zero-order valence-electron chi connectivity index (χ0n) is 13.4. The van der Waals surface area contributed by atoms with E-state index in [2.05, 4.69) is 45.1 Å². The van der Waals surface area contributed by atoms with E-state index in [4.69, 9.17) is 0 Å². The highest BCUT2D eigenvalue weighted by molar-refractivity contribution is 5.37. The van der Waals surface area contributed by atoms with Gasteiger partial charge in [0, 0.05) is 12.1 Å². The van der Waals surface area contributed by atoms with Crippen molar-refractivity contribution in [3.8, 4) is 0 Å². The molecular weight excluding hydrogens is 246 g/mol. The molecule has 2 rings (SSSR count). The first kappa shape index (κ1) is 15.5. The highest BCUT2D eigenvalue weighted by atomic mass is 16.3. The number of aliphatic hydroxyl groups is 1. The minimum absolute atomic E-state index is 0.0680. The predicted molar refractivity (Wildman–Crippen MR) is 84.9 cm³/mol. The van der Waals surface area contributed by atoms with E-state index < -0.39 is 0 Å². The summed E-state index contributed by atoms with van der Waals surface area (Å²) in [6, 6.07) is 4.50. The van der Waals surface area contributed by atoms with Crippen LogP contribution in [0.5, 0.6) is 0 Å². The van der Waals surface area contributed by atoms with Crippen LogP contribution in [-0.2, 0) is 6.54 Å². The molecule has 1 aliphatic carbocycles. The molecule has 20 heavy (non-hydrogen) atoms. The van der Waals surface area contributed by atoms with Gasteiger partial charge in [-0.05, 0) is 56.2 Å². The molecule has 1 aromatic carbocycles. The van der Waals surface area contributed by atoms with Crippen LogP contribution in [0, 0.1) is 26.7 Å².